The largest absolute Gasteiger partial charge is 0.494 e. The molecule has 4 N–H and O–H groups in total. The van der Waals surface area contributed by atoms with Crippen molar-refractivity contribution in [3.63, 3.8) is 0 Å². The first-order chi connectivity index (χ1) is 10.1. The number of hydrogen-bond donors (Lipinski definition) is 3. The number of nitrogen functional groups attached to an aromatic ring is 1. The van der Waals surface area contributed by atoms with Crippen molar-refractivity contribution in [2.45, 2.75) is 6.42 Å². The zero-order chi connectivity index (χ0) is 15.7. The average molecular weight is 295 g/mol. The van der Waals surface area contributed by atoms with Gasteiger partial charge in [-0.3, -0.25) is 9.59 Å². The Bertz CT molecular complexity index is 491. The summed E-state index contributed by atoms with van der Waals surface area (Å²) in [4.78, 5) is 23.5. The third kappa shape index (κ3) is 5.31. The molecule has 0 saturated carbocycles. The lowest BCUT2D eigenvalue weighted by atomic mass is 10.1. The summed E-state index contributed by atoms with van der Waals surface area (Å²) in [6, 6.07) is 4.94. The Morgan fingerprint density at radius 1 is 1.19 bits per heavy atom. The summed E-state index contributed by atoms with van der Waals surface area (Å²) < 4.78 is 9.93. The van der Waals surface area contributed by atoms with Crippen LogP contribution in [0.15, 0.2) is 18.2 Å². The highest BCUT2D eigenvalue weighted by molar-refractivity contribution is 5.98. The van der Waals surface area contributed by atoms with Gasteiger partial charge < -0.3 is 25.8 Å². The van der Waals surface area contributed by atoms with Gasteiger partial charge in [-0.25, -0.2) is 0 Å². The topological polar surface area (TPSA) is 103 Å². The fourth-order valence-electron chi connectivity index (χ4n) is 1.73. The maximum absolute atomic E-state index is 12.0. The van der Waals surface area contributed by atoms with E-state index in [9.17, 15) is 9.59 Å². The van der Waals surface area contributed by atoms with Gasteiger partial charge in [-0.15, -0.1) is 0 Å². The Morgan fingerprint density at radius 3 is 2.62 bits per heavy atom. The van der Waals surface area contributed by atoms with E-state index in [1.165, 1.54) is 7.11 Å². The molecule has 1 rings (SSSR count). The van der Waals surface area contributed by atoms with Crippen molar-refractivity contribution in [2.24, 2.45) is 0 Å². The van der Waals surface area contributed by atoms with Crippen LogP contribution in [0.4, 0.5) is 5.69 Å². The highest BCUT2D eigenvalue weighted by Gasteiger charge is 2.14. The van der Waals surface area contributed by atoms with Crippen LogP contribution in [0, 0.1) is 0 Å². The van der Waals surface area contributed by atoms with Crippen LogP contribution in [-0.2, 0) is 9.53 Å². The third-order valence-electron chi connectivity index (χ3n) is 2.76. The molecule has 0 aromatic heterocycles. The van der Waals surface area contributed by atoms with Gasteiger partial charge in [0.1, 0.15) is 0 Å². The van der Waals surface area contributed by atoms with Gasteiger partial charge in [0, 0.05) is 26.6 Å². The van der Waals surface area contributed by atoms with Crippen molar-refractivity contribution in [2.75, 3.05) is 39.6 Å². The van der Waals surface area contributed by atoms with Crippen molar-refractivity contribution in [1.82, 2.24) is 10.6 Å². The molecule has 1 aromatic carbocycles. The highest BCUT2D eigenvalue weighted by Crippen LogP contribution is 2.25. The minimum absolute atomic E-state index is 0.146. The second-order valence-corrected chi connectivity index (χ2v) is 4.28. The fourth-order valence-corrected chi connectivity index (χ4v) is 1.73. The first-order valence-corrected chi connectivity index (χ1v) is 6.56. The number of ether oxygens (including phenoxy) is 2. The molecule has 116 valence electrons. The number of hydrogen-bond acceptors (Lipinski definition) is 5. The molecule has 0 aliphatic heterocycles. The van der Waals surface area contributed by atoms with E-state index in [2.05, 4.69) is 10.6 Å². The zero-order valence-corrected chi connectivity index (χ0v) is 12.3. The predicted molar refractivity (Wildman–Crippen MR) is 79.2 cm³/mol. The van der Waals surface area contributed by atoms with Crippen molar-refractivity contribution < 1.29 is 19.1 Å². The van der Waals surface area contributed by atoms with E-state index < -0.39 is 0 Å². The second-order valence-electron chi connectivity index (χ2n) is 4.28. The van der Waals surface area contributed by atoms with E-state index in [1.54, 1.807) is 25.3 Å². The number of amides is 2. The number of carbonyl (C=O) groups is 2. The Labute approximate surface area is 123 Å². The van der Waals surface area contributed by atoms with E-state index >= 15 is 0 Å². The lowest BCUT2D eigenvalue weighted by molar-refractivity contribution is -0.121. The van der Waals surface area contributed by atoms with Gasteiger partial charge in [0.25, 0.3) is 5.91 Å². The summed E-state index contributed by atoms with van der Waals surface area (Å²) in [6.07, 6.45) is 0.195. The SMILES string of the molecule is COCCNC(=O)CCNC(=O)c1cccc(N)c1OC. The van der Waals surface area contributed by atoms with Crippen molar-refractivity contribution in [3.05, 3.63) is 23.8 Å². The van der Waals surface area contributed by atoms with Gasteiger partial charge in [-0.2, -0.15) is 0 Å². The lowest BCUT2D eigenvalue weighted by Gasteiger charge is -2.11. The third-order valence-corrected chi connectivity index (χ3v) is 2.76. The molecular formula is C14H21N3O4. The van der Waals surface area contributed by atoms with Crippen LogP contribution in [0.1, 0.15) is 16.8 Å². The smallest absolute Gasteiger partial charge is 0.255 e. The van der Waals surface area contributed by atoms with E-state index in [0.717, 1.165) is 0 Å². The number of anilines is 1. The maximum Gasteiger partial charge on any atom is 0.255 e. The summed E-state index contributed by atoms with van der Waals surface area (Å²) >= 11 is 0. The first-order valence-electron chi connectivity index (χ1n) is 6.56. The van der Waals surface area contributed by atoms with Crippen LogP contribution in [-0.4, -0.2) is 45.7 Å². The van der Waals surface area contributed by atoms with Crippen LogP contribution in [0.3, 0.4) is 0 Å². The average Bonchev–Trinajstić information content (AvgIpc) is 2.47. The van der Waals surface area contributed by atoms with Crippen LogP contribution >= 0.6 is 0 Å². The molecule has 0 saturated heterocycles. The van der Waals surface area contributed by atoms with E-state index in [0.29, 0.717) is 30.2 Å². The summed E-state index contributed by atoms with van der Waals surface area (Å²) in [5.74, 6) is -0.143. The molecule has 0 radical (unpaired) electrons. The summed E-state index contributed by atoms with van der Waals surface area (Å²) in [7, 11) is 3.01. The minimum atomic E-state index is -0.330. The Balaban J connectivity index is 2.44. The Kier molecular flexibility index (Phi) is 7.03. The number of nitrogens with one attached hydrogen (secondary N) is 2. The molecule has 0 atom stereocenters. The Morgan fingerprint density at radius 2 is 1.95 bits per heavy atom. The molecule has 2 amide bonds. The van der Waals surface area contributed by atoms with Gasteiger partial charge >= 0.3 is 0 Å². The number of nitrogens with two attached hydrogens (primary N) is 1. The predicted octanol–water partition coefficient (Wildman–Crippen LogP) is 0.160. The van der Waals surface area contributed by atoms with E-state index in [4.69, 9.17) is 15.2 Å². The van der Waals surface area contributed by atoms with E-state index in [1.807, 2.05) is 0 Å². The molecule has 0 bridgehead atoms. The number of benzene rings is 1. The minimum Gasteiger partial charge on any atom is -0.494 e. The van der Waals surface area contributed by atoms with Crippen molar-refractivity contribution in [3.8, 4) is 5.75 Å². The first kappa shape index (κ1) is 16.8. The molecule has 0 unspecified atom stereocenters. The van der Waals surface area contributed by atoms with Gasteiger partial charge in [-0.05, 0) is 12.1 Å². The monoisotopic (exact) mass is 295 g/mol. The number of methoxy groups -OCH3 is 2. The summed E-state index contributed by atoms with van der Waals surface area (Å²) in [5.41, 5.74) is 6.47. The standard InChI is InChI=1S/C14H21N3O4/c1-20-9-8-16-12(18)6-7-17-14(19)10-4-3-5-11(15)13(10)21-2/h3-5H,6-9,15H2,1-2H3,(H,16,18)(H,17,19). The zero-order valence-electron chi connectivity index (χ0n) is 12.3. The van der Waals surface area contributed by atoms with Crippen LogP contribution in [0.25, 0.3) is 0 Å². The van der Waals surface area contributed by atoms with Crippen LogP contribution in [0.5, 0.6) is 5.75 Å². The van der Waals surface area contributed by atoms with Crippen LogP contribution in [0.2, 0.25) is 0 Å². The molecule has 1 aromatic rings. The van der Waals surface area contributed by atoms with E-state index in [-0.39, 0.29) is 24.8 Å². The molecule has 0 aliphatic rings. The molecule has 0 spiro atoms. The second kappa shape index (κ2) is 8.80. The van der Waals surface area contributed by atoms with Crippen molar-refractivity contribution in [1.29, 1.82) is 0 Å². The fraction of sp³-hybridized carbons (Fsp3) is 0.429. The van der Waals surface area contributed by atoms with Gasteiger partial charge in [0.05, 0.1) is 25.0 Å². The molecule has 0 fully saturated rings. The molecule has 0 heterocycles. The number of carbonyl (C=O) groups excluding carboxylic acids is 2. The number of rotatable bonds is 8. The maximum atomic E-state index is 12.0. The molecule has 21 heavy (non-hydrogen) atoms. The van der Waals surface area contributed by atoms with Gasteiger partial charge in [0.2, 0.25) is 5.91 Å². The molecule has 0 aliphatic carbocycles. The number of para-hydroxylation sites is 1. The van der Waals surface area contributed by atoms with Gasteiger partial charge in [0.15, 0.2) is 5.75 Å². The Hall–Kier alpha value is -2.28. The molecule has 7 heteroatoms. The lowest BCUT2D eigenvalue weighted by Crippen LogP contribution is -2.32. The molecule has 7 nitrogen and oxygen atoms in total. The van der Waals surface area contributed by atoms with Crippen LogP contribution < -0.4 is 21.1 Å². The van der Waals surface area contributed by atoms with Gasteiger partial charge in [-0.1, -0.05) is 6.07 Å². The summed E-state index contributed by atoms with van der Waals surface area (Å²) in [5, 5.41) is 5.32. The summed E-state index contributed by atoms with van der Waals surface area (Å²) in [6.45, 7) is 1.14. The highest BCUT2D eigenvalue weighted by atomic mass is 16.5. The molecular weight excluding hydrogens is 274 g/mol. The normalized spacial score (nSPS) is 10.0. The quantitative estimate of drug-likeness (QED) is 0.468. The van der Waals surface area contributed by atoms with Crippen molar-refractivity contribution >= 4 is 17.5 Å².